The molecule has 4 heteroatoms. The number of nitrogens with one attached hydrogen (secondary N) is 2. The number of hydrogen-bond acceptors (Lipinski definition) is 2. The maximum atomic E-state index is 11.7. The van der Waals surface area contributed by atoms with E-state index in [1.807, 2.05) is 27.7 Å². The van der Waals surface area contributed by atoms with Gasteiger partial charge in [-0.3, -0.25) is 9.59 Å². The van der Waals surface area contributed by atoms with E-state index in [9.17, 15) is 9.59 Å². The first-order valence-corrected chi connectivity index (χ1v) is 6.76. The maximum Gasteiger partial charge on any atom is 0.244 e. The van der Waals surface area contributed by atoms with Crippen LogP contribution in [0.25, 0.3) is 0 Å². The lowest BCUT2D eigenvalue weighted by molar-refractivity contribution is -0.119. The van der Waals surface area contributed by atoms with Crippen LogP contribution in [-0.2, 0) is 9.59 Å². The molecule has 1 saturated carbocycles. The van der Waals surface area contributed by atoms with Crippen molar-refractivity contribution in [3.05, 3.63) is 23.3 Å². The summed E-state index contributed by atoms with van der Waals surface area (Å²) in [6.45, 7) is 8.04. The van der Waals surface area contributed by atoms with Gasteiger partial charge in [0, 0.05) is 24.7 Å². The van der Waals surface area contributed by atoms with Crippen LogP contribution < -0.4 is 10.6 Å². The van der Waals surface area contributed by atoms with Crippen LogP contribution in [-0.4, -0.2) is 24.4 Å². The van der Waals surface area contributed by atoms with Gasteiger partial charge in [-0.05, 0) is 46.5 Å². The number of carbonyl (C=O) groups excluding carboxylic acids is 2. The lowest BCUT2D eigenvalue weighted by Gasteiger charge is -2.17. The lowest BCUT2D eigenvalue weighted by atomic mass is 10.1. The second kappa shape index (κ2) is 7.12. The first-order chi connectivity index (χ1) is 8.88. The van der Waals surface area contributed by atoms with E-state index in [-0.39, 0.29) is 17.9 Å². The van der Waals surface area contributed by atoms with E-state index in [2.05, 4.69) is 10.6 Å². The van der Waals surface area contributed by atoms with Crippen molar-refractivity contribution in [2.24, 2.45) is 5.92 Å². The normalized spacial score (nSPS) is 15.2. The van der Waals surface area contributed by atoms with E-state index in [0.29, 0.717) is 12.5 Å². The molecule has 0 aromatic heterocycles. The van der Waals surface area contributed by atoms with Crippen molar-refractivity contribution in [2.75, 3.05) is 6.54 Å². The van der Waals surface area contributed by atoms with E-state index in [4.69, 9.17) is 0 Å². The van der Waals surface area contributed by atoms with Crippen LogP contribution in [0.1, 0.15) is 40.5 Å². The van der Waals surface area contributed by atoms with Crippen LogP contribution in [0.3, 0.4) is 0 Å². The highest BCUT2D eigenvalue weighted by Gasteiger charge is 2.32. The fraction of sp³-hybridized carbons (Fsp3) is 0.600. The summed E-state index contributed by atoms with van der Waals surface area (Å²) in [6.07, 6.45) is 5.41. The van der Waals surface area contributed by atoms with Gasteiger partial charge >= 0.3 is 0 Å². The van der Waals surface area contributed by atoms with Crippen LogP contribution in [0.5, 0.6) is 0 Å². The van der Waals surface area contributed by atoms with Crippen LogP contribution in [0.4, 0.5) is 0 Å². The van der Waals surface area contributed by atoms with Crippen LogP contribution in [0, 0.1) is 5.92 Å². The Morgan fingerprint density at radius 2 is 1.58 bits per heavy atom. The summed E-state index contributed by atoms with van der Waals surface area (Å²) >= 11 is 0. The minimum Gasteiger partial charge on any atom is -0.350 e. The molecule has 4 nitrogen and oxygen atoms in total. The first-order valence-electron chi connectivity index (χ1n) is 6.76. The van der Waals surface area contributed by atoms with Crippen molar-refractivity contribution in [1.82, 2.24) is 10.6 Å². The Kier molecular flexibility index (Phi) is 5.80. The standard InChI is InChI=1S/C15H24N2O2/c1-10(2)7-14(18)16-9-13(12-5-6-12)17-15(19)8-11(3)4/h7-8,12-13H,5-6,9H2,1-4H3,(H,16,18)(H,17,19). The largest absolute Gasteiger partial charge is 0.350 e. The Morgan fingerprint density at radius 1 is 1.05 bits per heavy atom. The Bertz CT molecular complexity index is 398. The minimum absolute atomic E-state index is 0.0395. The summed E-state index contributed by atoms with van der Waals surface area (Å²) in [7, 11) is 0. The van der Waals surface area contributed by atoms with Gasteiger partial charge in [0.1, 0.15) is 0 Å². The Balaban J connectivity index is 2.46. The van der Waals surface area contributed by atoms with Crippen molar-refractivity contribution >= 4 is 11.8 Å². The predicted octanol–water partition coefficient (Wildman–Crippen LogP) is 1.93. The molecule has 0 saturated heterocycles. The molecule has 0 aliphatic heterocycles. The van der Waals surface area contributed by atoms with Crippen molar-refractivity contribution in [1.29, 1.82) is 0 Å². The maximum absolute atomic E-state index is 11.7. The molecule has 0 bridgehead atoms. The Morgan fingerprint density at radius 3 is 2.05 bits per heavy atom. The smallest absolute Gasteiger partial charge is 0.244 e. The van der Waals surface area contributed by atoms with Gasteiger partial charge in [0.2, 0.25) is 11.8 Å². The fourth-order valence-electron chi connectivity index (χ4n) is 1.84. The van der Waals surface area contributed by atoms with Crippen molar-refractivity contribution in [3.8, 4) is 0 Å². The summed E-state index contributed by atoms with van der Waals surface area (Å²) in [5.41, 5.74) is 1.94. The minimum atomic E-state index is -0.0953. The number of rotatable bonds is 6. The SMILES string of the molecule is CC(C)=CC(=O)NCC(NC(=O)C=C(C)C)C1CC1. The Labute approximate surface area is 115 Å². The molecule has 2 N–H and O–H groups in total. The molecular weight excluding hydrogens is 240 g/mol. The highest BCUT2D eigenvalue weighted by atomic mass is 16.2. The molecule has 0 spiro atoms. The topological polar surface area (TPSA) is 58.2 Å². The molecule has 0 radical (unpaired) electrons. The zero-order valence-electron chi connectivity index (χ0n) is 12.2. The quantitative estimate of drug-likeness (QED) is 0.720. The second-order valence-corrected chi connectivity index (χ2v) is 5.64. The van der Waals surface area contributed by atoms with Gasteiger partial charge < -0.3 is 10.6 Å². The molecule has 0 aromatic carbocycles. The molecule has 19 heavy (non-hydrogen) atoms. The second-order valence-electron chi connectivity index (χ2n) is 5.64. The monoisotopic (exact) mass is 264 g/mol. The highest BCUT2D eigenvalue weighted by molar-refractivity contribution is 5.89. The summed E-state index contributed by atoms with van der Waals surface area (Å²) in [6, 6.07) is 0.0395. The zero-order chi connectivity index (χ0) is 14.4. The van der Waals surface area contributed by atoms with Crippen molar-refractivity contribution < 1.29 is 9.59 Å². The summed E-state index contributed by atoms with van der Waals surface area (Å²) in [5.74, 6) is 0.331. The van der Waals surface area contributed by atoms with E-state index < -0.39 is 0 Å². The molecule has 2 amide bonds. The summed E-state index contributed by atoms with van der Waals surface area (Å²) < 4.78 is 0. The van der Waals surface area contributed by atoms with E-state index >= 15 is 0 Å². The van der Waals surface area contributed by atoms with E-state index in [1.54, 1.807) is 12.2 Å². The molecule has 1 unspecified atom stereocenters. The number of hydrogen-bond donors (Lipinski definition) is 2. The molecule has 1 aliphatic rings. The summed E-state index contributed by atoms with van der Waals surface area (Å²) in [5, 5.41) is 5.81. The van der Waals surface area contributed by atoms with Gasteiger partial charge in [-0.15, -0.1) is 0 Å². The number of carbonyl (C=O) groups is 2. The van der Waals surface area contributed by atoms with E-state index in [0.717, 1.165) is 24.0 Å². The molecule has 1 atom stereocenters. The van der Waals surface area contributed by atoms with E-state index in [1.165, 1.54) is 0 Å². The molecule has 1 rings (SSSR count). The fourth-order valence-corrected chi connectivity index (χ4v) is 1.84. The average molecular weight is 264 g/mol. The van der Waals surface area contributed by atoms with Crippen LogP contribution in [0.15, 0.2) is 23.3 Å². The average Bonchev–Trinajstić information content (AvgIpc) is 3.05. The molecular formula is C15H24N2O2. The predicted molar refractivity (Wildman–Crippen MR) is 76.5 cm³/mol. The number of amides is 2. The number of allylic oxidation sites excluding steroid dienone is 2. The van der Waals surface area contributed by atoms with Gasteiger partial charge in [0.05, 0.1) is 0 Å². The van der Waals surface area contributed by atoms with Crippen molar-refractivity contribution in [2.45, 2.75) is 46.6 Å². The molecule has 106 valence electrons. The highest BCUT2D eigenvalue weighted by Crippen LogP contribution is 2.32. The first kappa shape index (κ1) is 15.5. The van der Waals surface area contributed by atoms with Gasteiger partial charge in [0.25, 0.3) is 0 Å². The zero-order valence-corrected chi connectivity index (χ0v) is 12.2. The van der Waals surface area contributed by atoms with Gasteiger partial charge in [-0.2, -0.15) is 0 Å². The third-order valence-electron chi connectivity index (χ3n) is 2.85. The molecule has 1 fully saturated rings. The lowest BCUT2D eigenvalue weighted by Crippen LogP contribution is -2.44. The van der Waals surface area contributed by atoms with Gasteiger partial charge in [-0.1, -0.05) is 11.1 Å². The third-order valence-corrected chi connectivity index (χ3v) is 2.85. The van der Waals surface area contributed by atoms with Gasteiger partial charge in [0.15, 0.2) is 0 Å². The Hall–Kier alpha value is -1.58. The summed E-state index contributed by atoms with van der Waals surface area (Å²) in [4.78, 5) is 23.3. The van der Waals surface area contributed by atoms with Crippen molar-refractivity contribution in [3.63, 3.8) is 0 Å². The van der Waals surface area contributed by atoms with Crippen LogP contribution in [0.2, 0.25) is 0 Å². The molecule has 1 aliphatic carbocycles. The van der Waals surface area contributed by atoms with Crippen LogP contribution >= 0.6 is 0 Å². The van der Waals surface area contributed by atoms with Gasteiger partial charge in [-0.25, -0.2) is 0 Å². The molecule has 0 aromatic rings. The molecule has 0 heterocycles. The third kappa shape index (κ3) is 6.79.